The van der Waals surface area contributed by atoms with Crippen LogP contribution in [0.4, 0.5) is 13.2 Å². The lowest BCUT2D eigenvalue weighted by molar-refractivity contribution is -0.137. The van der Waals surface area contributed by atoms with Gasteiger partial charge >= 0.3 is 6.18 Å². The van der Waals surface area contributed by atoms with Gasteiger partial charge in [-0.15, -0.1) is 0 Å². The summed E-state index contributed by atoms with van der Waals surface area (Å²) in [5.41, 5.74) is -0.157. The van der Waals surface area contributed by atoms with Crippen molar-refractivity contribution in [2.75, 3.05) is 19.7 Å². The van der Waals surface area contributed by atoms with Gasteiger partial charge in [0.15, 0.2) is 0 Å². The molecule has 1 fully saturated rings. The van der Waals surface area contributed by atoms with Crippen molar-refractivity contribution in [3.63, 3.8) is 0 Å². The molecule has 0 amide bonds. The first-order valence-electron chi connectivity index (χ1n) is 6.12. The molecule has 1 aliphatic rings. The van der Waals surface area contributed by atoms with E-state index >= 15 is 0 Å². The molecular formula is C13H16F3NO2. The predicted octanol–water partition coefficient (Wildman–Crippen LogP) is 1.81. The molecule has 106 valence electrons. The van der Waals surface area contributed by atoms with E-state index in [2.05, 4.69) is 0 Å². The van der Waals surface area contributed by atoms with Crippen LogP contribution in [-0.2, 0) is 6.18 Å². The molecule has 6 heteroatoms. The van der Waals surface area contributed by atoms with Crippen LogP contribution in [0.15, 0.2) is 24.3 Å². The fourth-order valence-electron chi connectivity index (χ4n) is 2.52. The van der Waals surface area contributed by atoms with Crippen LogP contribution in [0.25, 0.3) is 0 Å². The highest BCUT2D eigenvalue weighted by Crippen LogP contribution is 2.35. The zero-order valence-electron chi connectivity index (χ0n) is 10.3. The highest BCUT2D eigenvalue weighted by atomic mass is 19.4. The SMILES string of the molecule is OCCN1C[C@@H](O)C[C@@H]1c1cccc(C(F)(F)F)c1. The van der Waals surface area contributed by atoms with Crippen molar-refractivity contribution in [3.05, 3.63) is 35.4 Å². The molecule has 0 saturated carbocycles. The van der Waals surface area contributed by atoms with Crippen LogP contribution in [0.2, 0.25) is 0 Å². The summed E-state index contributed by atoms with van der Waals surface area (Å²) in [5.74, 6) is 0. The number of nitrogens with zero attached hydrogens (tertiary/aromatic N) is 1. The lowest BCUT2D eigenvalue weighted by Crippen LogP contribution is -2.28. The van der Waals surface area contributed by atoms with E-state index in [1.165, 1.54) is 6.07 Å². The Balaban J connectivity index is 2.25. The predicted molar refractivity (Wildman–Crippen MR) is 63.5 cm³/mol. The number of benzene rings is 1. The number of halogens is 3. The minimum Gasteiger partial charge on any atom is -0.395 e. The minimum absolute atomic E-state index is 0.0812. The van der Waals surface area contributed by atoms with Crippen LogP contribution in [0.3, 0.4) is 0 Å². The summed E-state index contributed by atoms with van der Waals surface area (Å²) in [7, 11) is 0. The summed E-state index contributed by atoms with van der Waals surface area (Å²) in [4.78, 5) is 1.81. The summed E-state index contributed by atoms with van der Waals surface area (Å²) in [6.07, 6.45) is -4.54. The largest absolute Gasteiger partial charge is 0.416 e. The second-order valence-corrected chi connectivity index (χ2v) is 4.75. The van der Waals surface area contributed by atoms with Gasteiger partial charge in [-0.3, -0.25) is 4.90 Å². The first-order valence-corrected chi connectivity index (χ1v) is 6.12. The van der Waals surface area contributed by atoms with Crippen molar-refractivity contribution < 1.29 is 23.4 Å². The van der Waals surface area contributed by atoms with Gasteiger partial charge in [0.1, 0.15) is 0 Å². The van der Waals surface area contributed by atoms with Crippen molar-refractivity contribution in [1.29, 1.82) is 0 Å². The van der Waals surface area contributed by atoms with E-state index in [4.69, 9.17) is 5.11 Å². The van der Waals surface area contributed by atoms with Gasteiger partial charge < -0.3 is 10.2 Å². The molecule has 19 heavy (non-hydrogen) atoms. The molecule has 2 rings (SSSR count). The smallest absolute Gasteiger partial charge is 0.395 e. The number of β-amino-alcohol motifs (C(OH)–C–C–N with tert-alkyl or cyclic N) is 2. The molecule has 3 nitrogen and oxygen atoms in total. The number of aliphatic hydroxyl groups is 2. The van der Waals surface area contributed by atoms with Gasteiger partial charge in [0.2, 0.25) is 0 Å². The van der Waals surface area contributed by atoms with E-state index in [-0.39, 0.29) is 12.6 Å². The Bertz CT molecular complexity index is 436. The molecule has 2 N–H and O–H groups in total. The van der Waals surface area contributed by atoms with E-state index < -0.39 is 17.8 Å². The molecule has 0 spiro atoms. The van der Waals surface area contributed by atoms with Gasteiger partial charge in [-0.25, -0.2) is 0 Å². The van der Waals surface area contributed by atoms with Crippen LogP contribution in [-0.4, -0.2) is 40.9 Å². The number of rotatable bonds is 3. The topological polar surface area (TPSA) is 43.7 Å². The number of alkyl halides is 3. The molecule has 1 heterocycles. The monoisotopic (exact) mass is 275 g/mol. The van der Waals surface area contributed by atoms with Crippen molar-refractivity contribution in [1.82, 2.24) is 4.90 Å². The third kappa shape index (κ3) is 3.26. The van der Waals surface area contributed by atoms with Crippen molar-refractivity contribution in [2.24, 2.45) is 0 Å². The molecular weight excluding hydrogens is 259 g/mol. The lowest BCUT2D eigenvalue weighted by atomic mass is 10.0. The van der Waals surface area contributed by atoms with Crippen LogP contribution >= 0.6 is 0 Å². The van der Waals surface area contributed by atoms with E-state index in [0.717, 1.165) is 12.1 Å². The van der Waals surface area contributed by atoms with Gasteiger partial charge in [0.05, 0.1) is 18.3 Å². The normalized spacial score (nSPS) is 24.9. The first-order chi connectivity index (χ1) is 8.91. The summed E-state index contributed by atoms with van der Waals surface area (Å²) < 4.78 is 38.0. The molecule has 0 bridgehead atoms. The Hall–Kier alpha value is -1.11. The summed E-state index contributed by atoms with van der Waals surface area (Å²) in [5, 5.41) is 18.6. The van der Waals surface area contributed by atoms with Gasteiger partial charge in [-0.2, -0.15) is 13.2 Å². The van der Waals surface area contributed by atoms with Crippen molar-refractivity contribution >= 4 is 0 Å². The Kier molecular flexibility index (Phi) is 4.13. The summed E-state index contributed by atoms with van der Waals surface area (Å²) in [6, 6.07) is 4.88. The van der Waals surface area contributed by atoms with Crippen molar-refractivity contribution in [2.45, 2.75) is 24.7 Å². The zero-order valence-corrected chi connectivity index (χ0v) is 10.3. The van der Waals surface area contributed by atoms with Crippen LogP contribution in [0.1, 0.15) is 23.6 Å². The maximum atomic E-state index is 12.7. The molecule has 1 aromatic rings. The Morgan fingerprint density at radius 2 is 2.05 bits per heavy atom. The average Bonchev–Trinajstić information content (AvgIpc) is 2.70. The fourth-order valence-corrected chi connectivity index (χ4v) is 2.52. The lowest BCUT2D eigenvalue weighted by Gasteiger charge is -2.24. The number of aliphatic hydroxyl groups excluding tert-OH is 2. The second kappa shape index (κ2) is 5.48. The number of hydrogen-bond donors (Lipinski definition) is 2. The summed E-state index contributed by atoms with van der Waals surface area (Å²) in [6.45, 7) is 0.641. The van der Waals surface area contributed by atoms with Crippen molar-refractivity contribution in [3.8, 4) is 0 Å². The van der Waals surface area contributed by atoms with E-state index in [9.17, 15) is 18.3 Å². The minimum atomic E-state index is -4.37. The molecule has 0 unspecified atom stereocenters. The molecule has 2 atom stereocenters. The quantitative estimate of drug-likeness (QED) is 0.884. The van der Waals surface area contributed by atoms with Crippen LogP contribution in [0.5, 0.6) is 0 Å². The van der Waals surface area contributed by atoms with E-state index in [1.807, 2.05) is 0 Å². The maximum Gasteiger partial charge on any atom is 0.416 e. The highest BCUT2D eigenvalue weighted by molar-refractivity contribution is 5.28. The number of likely N-dealkylation sites (tertiary alicyclic amines) is 1. The molecule has 0 radical (unpaired) electrons. The van der Waals surface area contributed by atoms with Crippen LogP contribution < -0.4 is 0 Å². The standard InChI is InChI=1S/C13H16F3NO2/c14-13(15,16)10-3-1-2-9(6-10)12-7-11(19)8-17(12)4-5-18/h1-3,6,11-12,18-19H,4-5,7-8H2/t11-,12+/m0/s1. The Morgan fingerprint density at radius 3 is 2.68 bits per heavy atom. The zero-order chi connectivity index (χ0) is 14.0. The first kappa shape index (κ1) is 14.3. The summed E-state index contributed by atoms with van der Waals surface area (Å²) >= 11 is 0. The van der Waals surface area contributed by atoms with Gasteiger partial charge in [0.25, 0.3) is 0 Å². The Labute approximate surface area is 109 Å². The fraction of sp³-hybridized carbons (Fsp3) is 0.538. The molecule has 1 aromatic carbocycles. The molecule has 1 saturated heterocycles. The molecule has 1 aliphatic heterocycles. The maximum absolute atomic E-state index is 12.7. The molecule has 0 aromatic heterocycles. The van der Waals surface area contributed by atoms with Gasteiger partial charge in [0, 0.05) is 19.1 Å². The van der Waals surface area contributed by atoms with Gasteiger partial charge in [-0.1, -0.05) is 12.1 Å². The third-order valence-electron chi connectivity index (χ3n) is 3.37. The molecule has 0 aliphatic carbocycles. The highest BCUT2D eigenvalue weighted by Gasteiger charge is 2.34. The third-order valence-corrected chi connectivity index (χ3v) is 3.37. The number of hydrogen-bond acceptors (Lipinski definition) is 3. The average molecular weight is 275 g/mol. The van der Waals surface area contributed by atoms with Gasteiger partial charge in [-0.05, 0) is 24.1 Å². The van der Waals surface area contributed by atoms with Crippen LogP contribution in [0, 0.1) is 0 Å². The Morgan fingerprint density at radius 1 is 1.32 bits per heavy atom. The van der Waals surface area contributed by atoms with E-state index in [0.29, 0.717) is 25.1 Å². The second-order valence-electron chi connectivity index (χ2n) is 4.75. The van der Waals surface area contributed by atoms with E-state index in [1.54, 1.807) is 11.0 Å².